The number of rotatable bonds is 2. The van der Waals surface area contributed by atoms with Crippen molar-refractivity contribution in [2.45, 2.75) is 18.8 Å². The maximum Gasteiger partial charge on any atom is 0.191 e. The Kier molecular flexibility index (Phi) is 2.90. The average Bonchev–Trinajstić information content (AvgIpc) is 2.34. The predicted molar refractivity (Wildman–Crippen MR) is 59.8 cm³/mol. The summed E-state index contributed by atoms with van der Waals surface area (Å²) < 4.78 is 10.8. The second-order valence-electron chi connectivity index (χ2n) is 3.84. The van der Waals surface area contributed by atoms with Crippen LogP contribution in [0, 0.1) is 0 Å². The molecule has 1 aliphatic rings. The molecule has 0 aliphatic carbocycles. The third kappa shape index (κ3) is 1.79. The zero-order chi connectivity index (χ0) is 11.6. The first-order valence-corrected chi connectivity index (χ1v) is 5.15. The number of ether oxygens (including phenoxy) is 2. The molecule has 0 saturated heterocycles. The summed E-state index contributed by atoms with van der Waals surface area (Å²) in [6, 6.07) is 9.44. The highest BCUT2D eigenvalue weighted by Gasteiger charge is 2.39. The summed E-state index contributed by atoms with van der Waals surface area (Å²) in [7, 11) is 1.55. The molecule has 2 atom stereocenters. The van der Waals surface area contributed by atoms with Gasteiger partial charge in [0.05, 0.1) is 0 Å². The van der Waals surface area contributed by atoms with Crippen LogP contribution in [-0.2, 0) is 19.9 Å². The summed E-state index contributed by atoms with van der Waals surface area (Å²) in [6.07, 6.45) is 2.67. The van der Waals surface area contributed by atoms with Crippen molar-refractivity contribution in [2.24, 2.45) is 0 Å². The lowest BCUT2D eigenvalue weighted by molar-refractivity contribution is -0.185. The molecule has 1 aromatic rings. The maximum absolute atomic E-state index is 11.9. The molecule has 84 valence electrons. The topological polar surface area (TPSA) is 35.5 Å². The van der Waals surface area contributed by atoms with Gasteiger partial charge in [0.1, 0.15) is 0 Å². The highest BCUT2D eigenvalue weighted by atomic mass is 16.7. The van der Waals surface area contributed by atoms with Gasteiger partial charge in [-0.15, -0.1) is 0 Å². The third-order valence-corrected chi connectivity index (χ3v) is 2.78. The van der Waals surface area contributed by atoms with Gasteiger partial charge in [0.25, 0.3) is 0 Å². The Morgan fingerprint density at radius 2 is 2.00 bits per heavy atom. The monoisotopic (exact) mass is 218 g/mol. The minimum absolute atomic E-state index is 0.0630. The number of methoxy groups -OCH3 is 1. The first-order chi connectivity index (χ1) is 7.66. The van der Waals surface area contributed by atoms with Crippen LogP contribution in [0.4, 0.5) is 0 Å². The zero-order valence-electron chi connectivity index (χ0n) is 9.34. The highest BCUT2D eigenvalue weighted by Crippen LogP contribution is 2.31. The fourth-order valence-electron chi connectivity index (χ4n) is 1.75. The summed E-state index contributed by atoms with van der Waals surface area (Å²) in [5.41, 5.74) is -0.108. The molecule has 16 heavy (non-hydrogen) atoms. The molecule has 0 unspecified atom stereocenters. The van der Waals surface area contributed by atoms with Crippen LogP contribution >= 0.6 is 0 Å². The van der Waals surface area contributed by atoms with Crippen LogP contribution < -0.4 is 0 Å². The van der Waals surface area contributed by atoms with E-state index in [1.165, 1.54) is 6.08 Å². The molecule has 3 heteroatoms. The lowest BCUT2D eigenvalue weighted by Gasteiger charge is -2.33. The molecule has 0 amide bonds. The van der Waals surface area contributed by atoms with Crippen molar-refractivity contribution in [2.75, 3.05) is 7.11 Å². The summed E-state index contributed by atoms with van der Waals surface area (Å²) >= 11 is 0. The van der Waals surface area contributed by atoms with Crippen LogP contribution in [0.15, 0.2) is 42.5 Å². The Balaban J connectivity index is 2.38. The fourth-order valence-corrected chi connectivity index (χ4v) is 1.75. The number of hydrogen-bond acceptors (Lipinski definition) is 3. The van der Waals surface area contributed by atoms with Gasteiger partial charge >= 0.3 is 0 Å². The first kappa shape index (κ1) is 11.0. The molecular weight excluding hydrogens is 204 g/mol. The quantitative estimate of drug-likeness (QED) is 0.762. The molecule has 0 N–H and O–H groups in total. The van der Waals surface area contributed by atoms with Crippen LogP contribution in [0.1, 0.15) is 12.5 Å². The van der Waals surface area contributed by atoms with E-state index in [0.717, 1.165) is 5.56 Å². The Hall–Kier alpha value is -1.45. The molecule has 0 radical (unpaired) electrons. The van der Waals surface area contributed by atoms with Crippen LogP contribution in [0.2, 0.25) is 0 Å². The van der Waals surface area contributed by atoms with Crippen LogP contribution in [0.25, 0.3) is 0 Å². The molecule has 1 aliphatic heterocycles. The van der Waals surface area contributed by atoms with E-state index in [4.69, 9.17) is 9.47 Å². The standard InChI is InChI=1S/C13H14O3/c1-13(10-6-4-3-5-7-10)11(14)8-9-12(15-2)16-13/h3-9,12H,1-2H3/t12-,13-/m0/s1. The van der Waals surface area contributed by atoms with Crippen molar-refractivity contribution in [1.29, 1.82) is 0 Å². The Labute approximate surface area is 94.7 Å². The normalized spacial score (nSPS) is 29.4. The summed E-state index contributed by atoms with van der Waals surface area (Å²) in [4.78, 5) is 11.9. The molecule has 0 spiro atoms. The van der Waals surface area contributed by atoms with Gasteiger partial charge in [0, 0.05) is 7.11 Å². The SMILES string of the molecule is CO[C@@H]1C=CC(=O)[C@](C)(c2ccccc2)O1. The molecule has 0 saturated carbocycles. The molecule has 2 rings (SSSR count). The molecule has 1 aromatic carbocycles. The minimum Gasteiger partial charge on any atom is -0.352 e. The van der Waals surface area contributed by atoms with Gasteiger partial charge in [-0.05, 0) is 24.6 Å². The van der Waals surface area contributed by atoms with E-state index >= 15 is 0 Å². The highest BCUT2D eigenvalue weighted by molar-refractivity contribution is 5.98. The largest absolute Gasteiger partial charge is 0.352 e. The van der Waals surface area contributed by atoms with Crippen molar-refractivity contribution in [1.82, 2.24) is 0 Å². The predicted octanol–water partition coefficient (Wildman–Crippen LogP) is 2.03. The van der Waals surface area contributed by atoms with Gasteiger partial charge in [0.2, 0.25) is 0 Å². The number of hydrogen-bond donors (Lipinski definition) is 0. The van der Waals surface area contributed by atoms with Crippen LogP contribution in [0.5, 0.6) is 0 Å². The lowest BCUT2D eigenvalue weighted by Crippen LogP contribution is -2.41. The van der Waals surface area contributed by atoms with Crippen molar-refractivity contribution in [3.05, 3.63) is 48.0 Å². The van der Waals surface area contributed by atoms with Gasteiger partial charge in [0.15, 0.2) is 17.7 Å². The van der Waals surface area contributed by atoms with Crippen molar-refractivity contribution in [3.8, 4) is 0 Å². The van der Waals surface area contributed by atoms with E-state index in [1.807, 2.05) is 30.3 Å². The van der Waals surface area contributed by atoms with E-state index in [0.29, 0.717) is 0 Å². The fraction of sp³-hybridized carbons (Fsp3) is 0.308. The van der Waals surface area contributed by atoms with E-state index in [1.54, 1.807) is 20.1 Å². The van der Waals surface area contributed by atoms with Crippen molar-refractivity contribution >= 4 is 5.78 Å². The molecular formula is C13H14O3. The number of ketones is 1. The van der Waals surface area contributed by atoms with E-state index in [9.17, 15) is 4.79 Å². The zero-order valence-corrected chi connectivity index (χ0v) is 9.34. The van der Waals surface area contributed by atoms with Crippen molar-refractivity contribution < 1.29 is 14.3 Å². The van der Waals surface area contributed by atoms with Gasteiger partial charge in [-0.25, -0.2) is 0 Å². The maximum atomic E-state index is 11.9. The number of benzene rings is 1. The Morgan fingerprint density at radius 1 is 1.31 bits per heavy atom. The van der Waals surface area contributed by atoms with Gasteiger partial charge in [-0.3, -0.25) is 4.79 Å². The van der Waals surface area contributed by atoms with Gasteiger partial charge in [-0.2, -0.15) is 0 Å². The van der Waals surface area contributed by atoms with Crippen molar-refractivity contribution in [3.63, 3.8) is 0 Å². The Morgan fingerprint density at radius 3 is 2.62 bits per heavy atom. The van der Waals surface area contributed by atoms with Crippen LogP contribution in [0.3, 0.4) is 0 Å². The molecule has 0 bridgehead atoms. The summed E-state index contributed by atoms with van der Waals surface area (Å²) in [5.74, 6) is -0.0630. The number of carbonyl (C=O) groups excluding carboxylic acids is 1. The first-order valence-electron chi connectivity index (χ1n) is 5.15. The van der Waals surface area contributed by atoms with Gasteiger partial charge < -0.3 is 9.47 Å². The second kappa shape index (κ2) is 4.20. The minimum atomic E-state index is -0.948. The summed E-state index contributed by atoms with van der Waals surface area (Å²) in [6.45, 7) is 1.76. The average molecular weight is 218 g/mol. The van der Waals surface area contributed by atoms with E-state index in [-0.39, 0.29) is 5.78 Å². The third-order valence-electron chi connectivity index (χ3n) is 2.78. The molecule has 0 aromatic heterocycles. The van der Waals surface area contributed by atoms with Gasteiger partial charge in [-0.1, -0.05) is 30.3 Å². The molecule has 0 fully saturated rings. The molecule has 3 nitrogen and oxygen atoms in total. The number of carbonyl (C=O) groups is 1. The Bertz CT molecular complexity index is 410. The lowest BCUT2D eigenvalue weighted by atomic mass is 9.89. The van der Waals surface area contributed by atoms with E-state index in [2.05, 4.69) is 0 Å². The smallest absolute Gasteiger partial charge is 0.191 e. The summed E-state index contributed by atoms with van der Waals surface area (Å²) in [5, 5.41) is 0. The second-order valence-corrected chi connectivity index (χ2v) is 3.84. The van der Waals surface area contributed by atoms with E-state index < -0.39 is 11.9 Å². The molecule has 1 heterocycles. The van der Waals surface area contributed by atoms with Crippen LogP contribution in [-0.4, -0.2) is 19.2 Å².